The van der Waals surface area contributed by atoms with E-state index >= 15 is 0 Å². The predicted molar refractivity (Wildman–Crippen MR) is 154 cm³/mol. The van der Waals surface area contributed by atoms with Gasteiger partial charge in [-0.1, -0.05) is 6.07 Å². The second-order valence-electron chi connectivity index (χ2n) is 8.99. The van der Waals surface area contributed by atoms with Crippen LogP contribution in [-0.2, 0) is 27.3 Å². The number of aromatic nitrogens is 2. The topological polar surface area (TPSA) is 117 Å². The largest absolute Gasteiger partial charge is 0.383 e. The number of nitrogens with one attached hydrogen (secondary N) is 4. The number of fused-ring (bicyclic) bond motifs is 2. The van der Waals surface area contributed by atoms with Crippen LogP contribution in [-0.4, -0.2) is 55.1 Å². The van der Waals surface area contributed by atoms with E-state index in [-0.39, 0.29) is 11.8 Å². The molecule has 11 heteroatoms. The molecule has 38 heavy (non-hydrogen) atoms. The average Bonchev–Trinajstić information content (AvgIpc) is 3.48. The third kappa shape index (κ3) is 6.08. The van der Waals surface area contributed by atoms with Gasteiger partial charge in [-0.05, 0) is 53.9 Å². The van der Waals surface area contributed by atoms with Crippen molar-refractivity contribution in [1.82, 2.24) is 20.6 Å². The summed E-state index contributed by atoms with van der Waals surface area (Å²) >= 11 is 3.28. The molecule has 198 valence electrons. The number of rotatable bonds is 10. The summed E-state index contributed by atoms with van der Waals surface area (Å²) in [5.41, 5.74) is 5.16. The van der Waals surface area contributed by atoms with Gasteiger partial charge in [0.15, 0.2) is 0 Å². The maximum atomic E-state index is 12.8. The molecule has 0 radical (unpaired) electrons. The van der Waals surface area contributed by atoms with E-state index in [9.17, 15) is 9.59 Å². The van der Waals surface area contributed by atoms with Gasteiger partial charge < -0.3 is 26.0 Å². The lowest BCUT2D eigenvalue weighted by atomic mass is 10.0. The summed E-state index contributed by atoms with van der Waals surface area (Å²) in [4.78, 5) is 34.7. The summed E-state index contributed by atoms with van der Waals surface area (Å²) in [5, 5.41) is 14.3. The number of ether oxygens (including phenoxy) is 1. The first kappa shape index (κ1) is 26.4. The van der Waals surface area contributed by atoms with Crippen LogP contribution in [0.25, 0.3) is 31.9 Å². The molecule has 0 spiro atoms. The Balaban J connectivity index is 1.42. The van der Waals surface area contributed by atoms with E-state index in [2.05, 4.69) is 44.5 Å². The van der Waals surface area contributed by atoms with Gasteiger partial charge in [-0.3, -0.25) is 9.59 Å². The summed E-state index contributed by atoms with van der Waals surface area (Å²) < 4.78 is 6.12. The molecule has 2 amide bonds. The molecule has 4 heterocycles. The smallest absolute Gasteiger partial charge is 0.226 e. The van der Waals surface area contributed by atoms with E-state index in [1.807, 2.05) is 12.1 Å². The van der Waals surface area contributed by atoms with Crippen molar-refractivity contribution in [2.75, 3.05) is 44.0 Å². The summed E-state index contributed by atoms with van der Waals surface area (Å²) in [5.74, 6) is 0.342. The molecule has 1 aliphatic rings. The zero-order valence-electron chi connectivity index (χ0n) is 21.3. The van der Waals surface area contributed by atoms with Crippen LogP contribution in [0.1, 0.15) is 23.8 Å². The van der Waals surface area contributed by atoms with Crippen LogP contribution < -0.4 is 21.3 Å². The van der Waals surface area contributed by atoms with Crippen LogP contribution in [0, 0.1) is 0 Å². The van der Waals surface area contributed by atoms with Crippen molar-refractivity contribution in [1.29, 1.82) is 0 Å². The van der Waals surface area contributed by atoms with Crippen LogP contribution >= 0.6 is 22.7 Å². The Hall–Kier alpha value is -3.22. The number of amides is 2. The maximum absolute atomic E-state index is 12.8. The average molecular weight is 551 g/mol. The predicted octanol–water partition coefficient (Wildman–Crippen LogP) is 4.26. The lowest BCUT2D eigenvalue weighted by Gasteiger charge is -2.13. The fraction of sp³-hybridized carbons (Fsp3) is 0.333. The highest BCUT2D eigenvalue weighted by atomic mass is 32.1. The number of thiophene rings is 1. The highest BCUT2D eigenvalue weighted by Crippen LogP contribution is 2.45. The highest BCUT2D eigenvalue weighted by molar-refractivity contribution is 7.23. The van der Waals surface area contributed by atoms with Crippen LogP contribution in [0.3, 0.4) is 0 Å². The molecule has 3 aromatic heterocycles. The number of pyridine rings is 1. The molecule has 0 bridgehead atoms. The minimum atomic E-state index is -0.159. The molecule has 4 N–H and O–H groups in total. The number of hydrogen-bond acceptors (Lipinski definition) is 9. The minimum absolute atomic E-state index is 0.0150. The van der Waals surface area contributed by atoms with Gasteiger partial charge in [0, 0.05) is 56.7 Å². The number of carbonyl (C=O) groups excluding carboxylic acids is 2. The number of benzene rings is 1. The SMILES string of the molecule is COCCNCCC(=O)Nc1sc2c(c1-c1nc3cc(-c4ccnc(NC(C)=O)c4)ccc3s1)CCNC2. The molecule has 5 rings (SSSR count). The van der Waals surface area contributed by atoms with Gasteiger partial charge in [-0.2, -0.15) is 0 Å². The van der Waals surface area contributed by atoms with Gasteiger partial charge in [0.2, 0.25) is 11.8 Å². The van der Waals surface area contributed by atoms with Crippen molar-refractivity contribution in [2.24, 2.45) is 0 Å². The molecule has 0 atom stereocenters. The summed E-state index contributed by atoms with van der Waals surface area (Å²) in [6, 6.07) is 9.97. The molecular weight excluding hydrogens is 520 g/mol. The van der Waals surface area contributed by atoms with E-state index in [0.717, 1.165) is 63.0 Å². The number of methoxy groups -OCH3 is 1. The minimum Gasteiger partial charge on any atom is -0.383 e. The number of nitrogens with zero attached hydrogens (tertiary/aromatic N) is 2. The van der Waals surface area contributed by atoms with Gasteiger partial charge in [-0.25, -0.2) is 9.97 Å². The van der Waals surface area contributed by atoms with Gasteiger partial charge >= 0.3 is 0 Å². The summed E-state index contributed by atoms with van der Waals surface area (Å²) in [7, 11) is 1.66. The van der Waals surface area contributed by atoms with Crippen LogP contribution in [0.5, 0.6) is 0 Å². The van der Waals surface area contributed by atoms with Crippen molar-refractivity contribution in [3.05, 3.63) is 47.0 Å². The Morgan fingerprint density at radius 3 is 2.82 bits per heavy atom. The Morgan fingerprint density at radius 1 is 1.11 bits per heavy atom. The standard InChI is InChI=1S/C27H30N6O3S2/c1-16(34)31-23-14-18(5-10-30-23)17-3-4-21-20(13-17)32-26(37-21)25-19-6-8-29-15-22(19)38-27(25)33-24(35)7-9-28-11-12-36-2/h3-5,10,13-14,28-29H,6-9,11-12,15H2,1-2H3,(H,33,35)(H,30,31,34). The lowest BCUT2D eigenvalue weighted by Crippen LogP contribution is -2.24. The molecule has 0 unspecified atom stereocenters. The molecule has 1 aromatic carbocycles. The van der Waals surface area contributed by atoms with Crippen molar-refractivity contribution in [2.45, 2.75) is 26.3 Å². The molecule has 0 aliphatic carbocycles. The zero-order chi connectivity index (χ0) is 26.5. The Labute approximate surface area is 229 Å². The van der Waals surface area contributed by atoms with E-state index in [4.69, 9.17) is 9.72 Å². The number of carbonyl (C=O) groups is 2. The van der Waals surface area contributed by atoms with Crippen LogP contribution in [0.4, 0.5) is 10.8 Å². The molecule has 1 aliphatic heterocycles. The third-order valence-corrected chi connectivity index (χ3v) is 8.39. The second-order valence-corrected chi connectivity index (χ2v) is 11.1. The normalized spacial score (nSPS) is 12.9. The van der Waals surface area contributed by atoms with Crippen molar-refractivity contribution in [3.8, 4) is 21.7 Å². The van der Waals surface area contributed by atoms with E-state index in [1.54, 1.807) is 36.0 Å². The first-order valence-corrected chi connectivity index (χ1v) is 14.1. The van der Waals surface area contributed by atoms with Crippen molar-refractivity contribution in [3.63, 3.8) is 0 Å². The van der Waals surface area contributed by atoms with Crippen molar-refractivity contribution < 1.29 is 14.3 Å². The molecule has 4 aromatic rings. The van der Waals surface area contributed by atoms with Crippen LogP contribution in [0.15, 0.2) is 36.5 Å². The Bertz CT molecular complexity index is 1460. The zero-order valence-corrected chi connectivity index (χ0v) is 23.0. The maximum Gasteiger partial charge on any atom is 0.226 e. The fourth-order valence-corrected chi connectivity index (χ4v) is 6.74. The van der Waals surface area contributed by atoms with Crippen molar-refractivity contribution >= 4 is 55.5 Å². The van der Waals surface area contributed by atoms with Gasteiger partial charge in [0.1, 0.15) is 15.8 Å². The number of hydrogen-bond donors (Lipinski definition) is 4. The van der Waals surface area contributed by atoms with Gasteiger partial charge in [-0.15, -0.1) is 22.7 Å². The highest BCUT2D eigenvalue weighted by Gasteiger charge is 2.25. The summed E-state index contributed by atoms with van der Waals surface area (Å²) in [6.45, 7) is 5.10. The van der Waals surface area contributed by atoms with E-state index in [1.165, 1.54) is 17.4 Å². The molecular formula is C27H30N6O3S2. The molecule has 0 saturated carbocycles. The quantitative estimate of drug-likeness (QED) is 0.218. The number of thiazole rings is 1. The first-order chi connectivity index (χ1) is 18.5. The molecule has 0 saturated heterocycles. The number of anilines is 2. The van der Waals surface area contributed by atoms with Gasteiger partial charge in [0.25, 0.3) is 0 Å². The van der Waals surface area contributed by atoms with Gasteiger partial charge in [0.05, 0.1) is 16.8 Å². The molecule has 9 nitrogen and oxygen atoms in total. The van der Waals surface area contributed by atoms with E-state index < -0.39 is 0 Å². The monoisotopic (exact) mass is 550 g/mol. The van der Waals surface area contributed by atoms with E-state index in [0.29, 0.717) is 25.4 Å². The summed E-state index contributed by atoms with van der Waals surface area (Å²) in [6.07, 6.45) is 2.98. The van der Waals surface area contributed by atoms with Crippen LogP contribution in [0.2, 0.25) is 0 Å². The third-order valence-electron chi connectivity index (χ3n) is 6.19. The lowest BCUT2D eigenvalue weighted by molar-refractivity contribution is -0.116. The second kappa shape index (κ2) is 12.1. The Morgan fingerprint density at radius 2 is 1.97 bits per heavy atom. The Kier molecular flexibility index (Phi) is 8.40. The first-order valence-electron chi connectivity index (χ1n) is 12.5. The fourth-order valence-electron chi connectivity index (χ4n) is 4.41. The molecule has 0 fully saturated rings.